The summed E-state index contributed by atoms with van der Waals surface area (Å²) < 4.78 is 11.9. The molecule has 0 aromatic heterocycles. The van der Waals surface area contributed by atoms with Crippen molar-refractivity contribution in [3.63, 3.8) is 0 Å². The van der Waals surface area contributed by atoms with Gasteiger partial charge in [-0.25, -0.2) is 0 Å². The van der Waals surface area contributed by atoms with Crippen LogP contribution in [0.1, 0.15) is 11.1 Å². The number of anilines is 1. The number of nitrogens with one attached hydrogen (secondary N) is 1. The molecule has 0 spiro atoms. The normalized spacial score (nSPS) is 10.9. The zero-order valence-corrected chi connectivity index (χ0v) is 20.5. The summed E-state index contributed by atoms with van der Waals surface area (Å²) in [6.45, 7) is -0.227. The van der Waals surface area contributed by atoms with Gasteiger partial charge in [0.1, 0.15) is 0 Å². The molecule has 3 aromatic carbocycles. The van der Waals surface area contributed by atoms with Crippen LogP contribution < -0.4 is 14.8 Å². The zero-order valence-electron chi connectivity index (χ0n) is 16.9. The molecular formula is C24H17Cl2IN2O3. The predicted molar refractivity (Wildman–Crippen MR) is 136 cm³/mol. The van der Waals surface area contributed by atoms with Crippen LogP contribution >= 0.6 is 45.8 Å². The second-order valence-electron chi connectivity index (χ2n) is 6.54. The maximum absolute atomic E-state index is 12.3. The van der Waals surface area contributed by atoms with Gasteiger partial charge in [0.15, 0.2) is 18.1 Å². The van der Waals surface area contributed by atoms with Gasteiger partial charge in [-0.2, -0.15) is 5.26 Å². The highest BCUT2D eigenvalue weighted by Crippen LogP contribution is 2.35. The fourth-order valence-electron chi connectivity index (χ4n) is 2.84. The number of rotatable bonds is 7. The lowest BCUT2D eigenvalue weighted by atomic mass is 10.0. The third-order valence-corrected chi connectivity index (χ3v) is 5.86. The summed E-state index contributed by atoms with van der Waals surface area (Å²) >= 11 is 14.0. The van der Waals surface area contributed by atoms with Crippen molar-refractivity contribution in [2.24, 2.45) is 0 Å². The van der Waals surface area contributed by atoms with Crippen LogP contribution in [0.2, 0.25) is 10.0 Å². The van der Waals surface area contributed by atoms with E-state index in [2.05, 4.69) is 34.0 Å². The molecule has 32 heavy (non-hydrogen) atoms. The Bertz CT molecular complexity index is 1210. The van der Waals surface area contributed by atoms with Gasteiger partial charge >= 0.3 is 0 Å². The molecule has 0 saturated carbocycles. The minimum absolute atomic E-state index is 0.227. The molecule has 0 radical (unpaired) electrons. The molecule has 0 aliphatic heterocycles. The number of hydrogen-bond donors (Lipinski definition) is 1. The van der Waals surface area contributed by atoms with Gasteiger partial charge < -0.3 is 14.8 Å². The topological polar surface area (TPSA) is 71.3 Å². The Morgan fingerprint density at radius 1 is 1.12 bits per heavy atom. The summed E-state index contributed by atoms with van der Waals surface area (Å²) in [7, 11) is 1.52. The van der Waals surface area contributed by atoms with Crippen LogP contribution in [-0.2, 0) is 4.79 Å². The Morgan fingerprint density at radius 3 is 2.53 bits per heavy atom. The monoisotopic (exact) mass is 578 g/mol. The molecule has 0 unspecified atom stereocenters. The Labute approximate surface area is 209 Å². The minimum atomic E-state index is -0.360. The number of benzene rings is 3. The number of amides is 1. The maximum Gasteiger partial charge on any atom is 0.262 e. The number of methoxy groups -OCH3 is 1. The molecule has 5 nitrogen and oxygen atoms in total. The molecule has 0 saturated heterocycles. The van der Waals surface area contributed by atoms with E-state index < -0.39 is 0 Å². The first-order valence-electron chi connectivity index (χ1n) is 9.33. The van der Waals surface area contributed by atoms with Crippen molar-refractivity contribution in [3.8, 4) is 17.6 Å². The summed E-state index contributed by atoms with van der Waals surface area (Å²) in [5.41, 5.74) is 2.64. The fraction of sp³-hybridized carbons (Fsp3) is 0.0833. The van der Waals surface area contributed by atoms with Crippen LogP contribution in [0, 0.1) is 14.9 Å². The van der Waals surface area contributed by atoms with Gasteiger partial charge in [0.05, 0.1) is 32.4 Å². The van der Waals surface area contributed by atoms with Crippen LogP contribution in [0.15, 0.2) is 60.7 Å². The fourth-order valence-corrected chi connectivity index (χ4v) is 3.92. The van der Waals surface area contributed by atoms with E-state index in [0.717, 1.165) is 14.7 Å². The zero-order chi connectivity index (χ0) is 23.1. The molecule has 0 heterocycles. The molecule has 0 atom stereocenters. The molecule has 0 aliphatic carbocycles. The Kier molecular flexibility index (Phi) is 8.39. The number of carbonyl (C=O) groups is 1. The highest BCUT2D eigenvalue weighted by Gasteiger charge is 2.14. The first kappa shape index (κ1) is 23.9. The van der Waals surface area contributed by atoms with Gasteiger partial charge in [-0.3, -0.25) is 4.79 Å². The first-order valence-corrected chi connectivity index (χ1v) is 11.2. The second kappa shape index (κ2) is 11.2. The Hall–Kier alpha value is -2.73. The average molecular weight is 579 g/mol. The van der Waals surface area contributed by atoms with E-state index in [4.69, 9.17) is 32.7 Å². The molecule has 3 rings (SSSR count). The maximum atomic E-state index is 12.3. The van der Waals surface area contributed by atoms with Crippen LogP contribution in [0.3, 0.4) is 0 Å². The second-order valence-corrected chi connectivity index (χ2v) is 8.51. The van der Waals surface area contributed by atoms with Crippen LogP contribution in [-0.4, -0.2) is 19.6 Å². The molecule has 1 N–H and O–H groups in total. The van der Waals surface area contributed by atoms with E-state index in [1.54, 1.807) is 30.3 Å². The highest BCUT2D eigenvalue weighted by molar-refractivity contribution is 14.1. The third kappa shape index (κ3) is 6.16. The lowest BCUT2D eigenvalue weighted by molar-refractivity contribution is -0.118. The lowest BCUT2D eigenvalue weighted by Gasteiger charge is -2.14. The molecule has 0 aliphatic rings. The van der Waals surface area contributed by atoms with E-state index in [-0.39, 0.29) is 12.5 Å². The van der Waals surface area contributed by atoms with E-state index in [0.29, 0.717) is 32.8 Å². The summed E-state index contributed by atoms with van der Waals surface area (Å²) in [5, 5.41) is 13.0. The number of allylic oxidation sites excluding steroid dienone is 1. The van der Waals surface area contributed by atoms with Crippen molar-refractivity contribution >= 4 is 69.0 Å². The van der Waals surface area contributed by atoms with Gasteiger partial charge in [-0.05, 0) is 70.1 Å². The smallest absolute Gasteiger partial charge is 0.262 e. The summed E-state index contributed by atoms with van der Waals surface area (Å²) in [6.07, 6.45) is 1.78. The largest absolute Gasteiger partial charge is 0.493 e. The van der Waals surface area contributed by atoms with Crippen molar-refractivity contribution < 1.29 is 14.3 Å². The van der Waals surface area contributed by atoms with Gasteiger partial charge in [-0.1, -0.05) is 53.5 Å². The van der Waals surface area contributed by atoms with E-state index in [9.17, 15) is 10.1 Å². The van der Waals surface area contributed by atoms with Crippen molar-refractivity contribution in [2.75, 3.05) is 19.0 Å². The number of ether oxygens (including phenoxy) is 2. The molecule has 0 fully saturated rings. The summed E-state index contributed by atoms with van der Waals surface area (Å²) in [6, 6.07) is 20.1. The number of nitriles is 1. The van der Waals surface area contributed by atoms with Gasteiger partial charge in [0.2, 0.25) is 0 Å². The first-order chi connectivity index (χ1) is 15.4. The molecule has 162 valence electrons. The van der Waals surface area contributed by atoms with E-state index in [1.807, 2.05) is 36.4 Å². The van der Waals surface area contributed by atoms with Crippen LogP contribution in [0.25, 0.3) is 11.6 Å². The quantitative estimate of drug-likeness (QED) is 0.193. The number of nitrogens with zero attached hydrogens (tertiary/aromatic N) is 1. The molecular weight excluding hydrogens is 562 g/mol. The van der Waals surface area contributed by atoms with Crippen molar-refractivity contribution in [1.82, 2.24) is 0 Å². The van der Waals surface area contributed by atoms with E-state index >= 15 is 0 Å². The number of carbonyl (C=O) groups excluding carboxylic acids is 1. The molecule has 0 bridgehead atoms. The van der Waals surface area contributed by atoms with Crippen molar-refractivity contribution in [1.29, 1.82) is 5.26 Å². The highest BCUT2D eigenvalue weighted by atomic mass is 127. The van der Waals surface area contributed by atoms with Crippen LogP contribution in [0.4, 0.5) is 5.69 Å². The third-order valence-electron chi connectivity index (χ3n) is 4.32. The average Bonchev–Trinajstić information content (AvgIpc) is 2.79. The summed E-state index contributed by atoms with van der Waals surface area (Å²) in [5.74, 6) is 0.532. The predicted octanol–water partition coefficient (Wildman–Crippen LogP) is 6.69. The lowest BCUT2D eigenvalue weighted by Crippen LogP contribution is -2.20. The molecule has 8 heteroatoms. The standard InChI is InChI=1S/C24H17Cl2IN2O3/c1-31-22-11-15(9-17(13-28)16-5-3-2-4-6-16)10-21(27)24(22)32-14-23(30)29-18-7-8-19(25)20(26)12-18/h2-12H,14H2,1H3,(H,29,30)/b17-9+. The number of halogens is 3. The van der Waals surface area contributed by atoms with Crippen LogP contribution in [0.5, 0.6) is 11.5 Å². The SMILES string of the molecule is COc1cc(/C=C(\C#N)c2ccccc2)cc(I)c1OCC(=O)Nc1ccc(Cl)c(Cl)c1. The van der Waals surface area contributed by atoms with Crippen molar-refractivity contribution in [2.45, 2.75) is 0 Å². The number of hydrogen-bond acceptors (Lipinski definition) is 4. The molecule has 3 aromatic rings. The molecule has 1 amide bonds. The Morgan fingerprint density at radius 2 is 1.88 bits per heavy atom. The van der Waals surface area contributed by atoms with Crippen molar-refractivity contribution in [3.05, 3.63) is 85.4 Å². The Balaban J connectivity index is 1.76. The van der Waals surface area contributed by atoms with Gasteiger partial charge in [0.25, 0.3) is 5.91 Å². The summed E-state index contributed by atoms with van der Waals surface area (Å²) in [4.78, 5) is 12.3. The van der Waals surface area contributed by atoms with Gasteiger partial charge in [0, 0.05) is 5.69 Å². The van der Waals surface area contributed by atoms with E-state index in [1.165, 1.54) is 7.11 Å². The minimum Gasteiger partial charge on any atom is -0.493 e. The van der Waals surface area contributed by atoms with Gasteiger partial charge in [-0.15, -0.1) is 0 Å².